The van der Waals surface area contributed by atoms with E-state index >= 15 is 0 Å². The van der Waals surface area contributed by atoms with Crippen molar-refractivity contribution >= 4 is 0 Å². The Kier molecular flexibility index (Phi) is 5.54. The first-order chi connectivity index (χ1) is 10.3. The smallest absolute Gasteiger partial charge is 0.0626 e. The average molecular weight is 279 g/mol. The molecular formula is C19H21NO. The van der Waals surface area contributed by atoms with Crippen LogP contribution in [0.5, 0.6) is 0 Å². The summed E-state index contributed by atoms with van der Waals surface area (Å²) in [5, 5.41) is 9.22. The van der Waals surface area contributed by atoms with Gasteiger partial charge in [0.2, 0.25) is 0 Å². The zero-order valence-electron chi connectivity index (χ0n) is 12.6. The van der Waals surface area contributed by atoms with E-state index < -0.39 is 0 Å². The maximum atomic E-state index is 9.22. The molecule has 0 saturated carbocycles. The lowest BCUT2D eigenvalue weighted by atomic mass is 9.77. The Morgan fingerprint density at radius 1 is 0.952 bits per heavy atom. The van der Waals surface area contributed by atoms with Crippen LogP contribution in [0, 0.1) is 17.2 Å². The highest BCUT2D eigenvalue weighted by Gasteiger charge is 2.29. The highest BCUT2D eigenvalue weighted by molar-refractivity contribution is 5.33. The Balaban J connectivity index is 2.47. The maximum Gasteiger partial charge on any atom is 0.0626 e. The van der Waals surface area contributed by atoms with Crippen LogP contribution in [0.25, 0.3) is 0 Å². The summed E-state index contributed by atoms with van der Waals surface area (Å²) in [4.78, 5) is 0. The number of ether oxygens (including phenoxy) is 1. The van der Waals surface area contributed by atoms with E-state index in [9.17, 15) is 5.26 Å². The fraction of sp³-hybridized carbons (Fsp3) is 0.316. The first-order valence-electron chi connectivity index (χ1n) is 7.27. The molecule has 2 aromatic rings. The van der Waals surface area contributed by atoms with Gasteiger partial charge in [0.1, 0.15) is 0 Å². The van der Waals surface area contributed by atoms with Gasteiger partial charge in [0.25, 0.3) is 0 Å². The molecule has 0 saturated heterocycles. The molecule has 108 valence electrons. The van der Waals surface area contributed by atoms with Crippen LogP contribution in [0.4, 0.5) is 0 Å². The summed E-state index contributed by atoms with van der Waals surface area (Å²) in [5.41, 5.74) is 2.46. The van der Waals surface area contributed by atoms with Crippen LogP contribution in [-0.2, 0) is 4.74 Å². The van der Waals surface area contributed by atoms with E-state index in [1.54, 1.807) is 7.11 Å². The van der Waals surface area contributed by atoms with E-state index in [1.165, 1.54) is 11.1 Å². The quantitative estimate of drug-likeness (QED) is 0.786. The Hall–Kier alpha value is -2.11. The van der Waals surface area contributed by atoms with Crippen molar-refractivity contribution in [2.75, 3.05) is 7.11 Å². The number of rotatable bonds is 6. The van der Waals surface area contributed by atoms with Gasteiger partial charge in [0, 0.05) is 25.4 Å². The number of benzene rings is 2. The molecule has 0 N–H and O–H groups in total. The second-order valence-corrected chi connectivity index (χ2v) is 5.27. The third-order valence-corrected chi connectivity index (χ3v) is 4.05. The van der Waals surface area contributed by atoms with Gasteiger partial charge < -0.3 is 4.74 Å². The minimum atomic E-state index is 0.0232. The van der Waals surface area contributed by atoms with Gasteiger partial charge in [-0.3, -0.25) is 0 Å². The minimum Gasteiger partial charge on any atom is -0.381 e. The molecule has 0 fully saturated rings. The first kappa shape index (κ1) is 15.3. The molecule has 0 unspecified atom stereocenters. The third-order valence-electron chi connectivity index (χ3n) is 4.05. The fourth-order valence-corrected chi connectivity index (χ4v) is 2.84. The summed E-state index contributed by atoms with van der Waals surface area (Å²) >= 11 is 0. The Morgan fingerprint density at radius 3 is 1.81 bits per heavy atom. The second kappa shape index (κ2) is 7.61. The summed E-state index contributed by atoms with van der Waals surface area (Å²) in [6.07, 6.45) is 0.499. The van der Waals surface area contributed by atoms with Crippen LogP contribution in [0.1, 0.15) is 30.4 Å². The van der Waals surface area contributed by atoms with Crippen LogP contribution >= 0.6 is 0 Å². The van der Waals surface area contributed by atoms with Gasteiger partial charge >= 0.3 is 0 Å². The summed E-state index contributed by atoms with van der Waals surface area (Å²) < 4.78 is 5.54. The molecule has 2 nitrogen and oxygen atoms in total. The molecule has 0 heterocycles. The van der Waals surface area contributed by atoms with Crippen LogP contribution in [-0.4, -0.2) is 13.2 Å². The normalized spacial score (nSPS) is 13.6. The summed E-state index contributed by atoms with van der Waals surface area (Å²) in [5.74, 6) is 0.298. The second-order valence-electron chi connectivity index (χ2n) is 5.27. The van der Waals surface area contributed by atoms with E-state index in [0.29, 0.717) is 6.42 Å². The zero-order chi connectivity index (χ0) is 15.1. The lowest BCUT2D eigenvalue weighted by Gasteiger charge is -2.30. The van der Waals surface area contributed by atoms with Gasteiger partial charge in [0.15, 0.2) is 0 Å². The Labute approximate surface area is 127 Å². The molecule has 0 radical (unpaired) electrons. The van der Waals surface area contributed by atoms with Gasteiger partial charge in [-0.05, 0) is 18.1 Å². The van der Waals surface area contributed by atoms with E-state index in [-0.39, 0.29) is 17.9 Å². The van der Waals surface area contributed by atoms with Crippen molar-refractivity contribution < 1.29 is 4.74 Å². The topological polar surface area (TPSA) is 33.0 Å². The highest BCUT2D eigenvalue weighted by Crippen LogP contribution is 2.36. The monoisotopic (exact) mass is 279 g/mol. The predicted octanol–water partition coefficient (Wildman–Crippen LogP) is 4.38. The van der Waals surface area contributed by atoms with Gasteiger partial charge in [-0.2, -0.15) is 5.26 Å². The van der Waals surface area contributed by atoms with Crippen molar-refractivity contribution in [3.63, 3.8) is 0 Å². The predicted molar refractivity (Wildman–Crippen MR) is 84.9 cm³/mol. The lowest BCUT2D eigenvalue weighted by molar-refractivity contribution is 0.0617. The molecule has 21 heavy (non-hydrogen) atoms. The molecule has 0 spiro atoms. The van der Waals surface area contributed by atoms with Gasteiger partial charge in [0.05, 0.1) is 12.2 Å². The number of nitrogens with zero attached hydrogens (tertiary/aromatic N) is 1. The minimum absolute atomic E-state index is 0.0232. The van der Waals surface area contributed by atoms with Crippen LogP contribution < -0.4 is 0 Å². The average Bonchev–Trinajstić information content (AvgIpc) is 2.55. The number of hydrogen-bond acceptors (Lipinski definition) is 2. The molecule has 2 rings (SSSR count). The molecular weight excluding hydrogens is 258 g/mol. The molecule has 2 aromatic carbocycles. The fourth-order valence-electron chi connectivity index (χ4n) is 2.84. The van der Waals surface area contributed by atoms with Crippen molar-refractivity contribution in [3.8, 4) is 6.07 Å². The van der Waals surface area contributed by atoms with Gasteiger partial charge in [-0.15, -0.1) is 0 Å². The maximum absolute atomic E-state index is 9.22. The molecule has 2 atom stereocenters. The van der Waals surface area contributed by atoms with E-state index in [1.807, 2.05) is 43.3 Å². The summed E-state index contributed by atoms with van der Waals surface area (Å²) in [6, 6.07) is 23.1. The lowest BCUT2D eigenvalue weighted by Crippen LogP contribution is -2.26. The molecule has 0 aromatic heterocycles. The summed E-state index contributed by atoms with van der Waals surface area (Å²) in [7, 11) is 1.71. The van der Waals surface area contributed by atoms with Crippen molar-refractivity contribution in [3.05, 3.63) is 71.8 Å². The van der Waals surface area contributed by atoms with E-state index in [2.05, 4.69) is 30.3 Å². The van der Waals surface area contributed by atoms with Gasteiger partial charge in [-0.25, -0.2) is 0 Å². The largest absolute Gasteiger partial charge is 0.381 e. The van der Waals surface area contributed by atoms with E-state index in [4.69, 9.17) is 4.74 Å². The molecule has 0 bridgehead atoms. The standard InChI is InChI=1S/C19H21NO/c1-15(21-2)18(13-14-20)19(16-9-5-3-6-10-16)17-11-7-4-8-12-17/h3-12,15,18-19H,13H2,1-2H3/t15-,18-/m0/s1. The highest BCUT2D eigenvalue weighted by atomic mass is 16.5. The van der Waals surface area contributed by atoms with Gasteiger partial charge in [-0.1, -0.05) is 60.7 Å². The van der Waals surface area contributed by atoms with Crippen molar-refractivity contribution in [2.45, 2.75) is 25.4 Å². The molecule has 2 heteroatoms. The van der Waals surface area contributed by atoms with Crippen molar-refractivity contribution in [1.29, 1.82) is 5.26 Å². The van der Waals surface area contributed by atoms with Crippen LogP contribution in [0.3, 0.4) is 0 Å². The number of methoxy groups -OCH3 is 1. The Bertz CT molecular complexity index is 534. The van der Waals surface area contributed by atoms with Crippen molar-refractivity contribution in [1.82, 2.24) is 0 Å². The van der Waals surface area contributed by atoms with Crippen LogP contribution in [0.2, 0.25) is 0 Å². The zero-order valence-corrected chi connectivity index (χ0v) is 12.6. The van der Waals surface area contributed by atoms with Crippen molar-refractivity contribution in [2.24, 2.45) is 5.92 Å². The SMILES string of the molecule is CO[C@@H](C)[C@H](CC#N)C(c1ccccc1)c1ccccc1. The number of nitriles is 1. The molecule has 0 aliphatic rings. The third kappa shape index (κ3) is 3.71. The first-order valence-corrected chi connectivity index (χ1v) is 7.27. The number of hydrogen-bond donors (Lipinski definition) is 0. The van der Waals surface area contributed by atoms with E-state index in [0.717, 1.165) is 0 Å². The molecule has 0 amide bonds. The summed E-state index contributed by atoms with van der Waals surface area (Å²) in [6.45, 7) is 2.04. The van der Waals surface area contributed by atoms with Crippen LogP contribution in [0.15, 0.2) is 60.7 Å². The molecule has 0 aliphatic heterocycles. The molecule has 0 aliphatic carbocycles. The Morgan fingerprint density at radius 2 is 1.43 bits per heavy atom.